The fraction of sp³-hybridized carbons (Fsp3) is 0.667. The molecule has 1 aliphatic heterocycles. The highest BCUT2D eigenvalue weighted by Gasteiger charge is 2.44. The molecule has 0 radical (unpaired) electrons. The Morgan fingerprint density at radius 1 is 1.29 bits per heavy atom. The van der Waals surface area contributed by atoms with E-state index >= 15 is 0 Å². The summed E-state index contributed by atoms with van der Waals surface area (Å²) < 4.78 is 11.4. The molecule has 78 valence electrons. The molecule has 1 spiro atoms. The van der Waals surface area contributed by atoms with E-state index in [0.29, 0.717) is 13.2 Å². The zero-order valence-corrected chi connectivity index (χ0v) is 9.22. The van der Waals surface area contributed by atoms with Crippen LogP contribution in [0, 0.1) is 5.41 Å². The van der Waals surface area contributed by atoms with Gasteiger partial charge in [-0.15, -0.1) is 0 Å². The van der Waals surface area contributed by atoms with Gasteiger partial charge in [0, 0.05) is 6.42 Å². The van der Waals surface area contributed by atoms with Crippen molar-refractivity contribution in [1.29, 1.82) is 0 Å². The normalized spacial score (nSPS) is 29.4. The molecule has 1 aliphatic carbocycles. The van der Waals surface area contributed by atoms with Crippen molar-refractivity contribution in [2.24, 2.45) is 5.41 Å². The molecule has 0 saturated carbocycles. The van der Waals surface area contributed by atoms with Crippen LogP contribution in [0.4, 0.5) is 0 Å². The van der Waals surface area contributed by atoms with Gasteiger partial charge < -0.3 is 9.47 Å². The highest BCUT2D eigenvalue weighted by Crippen LogP contribution is 2.46. The minimum atomic E-state index is -0.464. The lowest BCUT2D eigenvalue weighted by Crippen LogP contribution is -2.38. The van der Waals surface area contributed by atoms with Crippen molar-refractivity contribution in [2.45, 2.75) is 33.0 Å². The molecule has 2 nitrogen and oxygen atoms in total. The molecule has 1 heterocycles. The first-order valence-corrected chi connectivity index (χ1v) is 5.12. The van der Waals surface area contributed by atoms with E-state index in [1.165, 1.54) is 11.1 Å². The first-order valence-electron chi connectivity index (χ1n) is 5.12. The maximum absolute atomic E-state index is 5.70. The molecule has 0 atom stereocenters. The number of hydrogen-bond acceptors (Lipinski definition) is 2. The number of rotatable bonds is 0. The van der Waals surface area contributed by atoms with Crippen LogP contribution >= 0.6 is 0 Å². The Bertz CT molecular complexity index is 293. The van der Waals surface area contributed by atoms with Gasteiger partial charge in [-0.3, -0.25) is 0 Å². The van der Waals surface area contributed by atoms with E-state index in [-0.39, 0.29) is 5.41 Å². The van der Waals surface area contributed by atoms with E-state index < -0.39 is 5.79 Å². The molecule has 14 heavy (non-hydrogen) atoms. The van der Waals surface area contributed by atoms with Gasteiger partial charge in [0.05, 0.1) is 13.2 Å². The van der Waals surface area contributed by atoms with Crippen LogP contribution in [-0.4, -0.2) is 19.0 Å². The quantitative estimate of drug-likeness (QED) is 0.590. The van der Waals surface area contributed by atoms with Crippen LogP contribution in [-0.2, 0) is 9.47 Å². The van der Waals surface area contributed by atoms with Gasteiger partial charge in [-0.05, 0) is 29.6 Å². The van der Waals surface area contributed by atoms with Crippen LogP contribution in [0.1, 0.15) is 27.2 Å². The molecule has 1 fully saturated rings. The standard InChI is InChI=1S/C12H18O2/c1-9-7-12(13-5-6-14-12)8-11(3,4)10(9)2/h7H,2,5-6,8H2,1,3-4H3. The molecule has 2 heteroatoms. The zero-order valence-electron chi connectivity index (χ0n) is 9.22. The summed E-state index contributed by atoms with van der Waals surface area (Å²) in [6.07, 6.45) is 2.95. The summed E-state index contributed by atoms with van der Waals surface area (Å²) in [6.45, 7) is 12.0. The van der Waals surface area contributed by atoms with E-state index in [1.807, 2.05) is 0 Å². The fourth-order valence-electron chi connectivity index (χ4n) is 2.38. The van der Waals surface area contributed by atoms with Crippen molar-refractivity contribution in [1.82, 2.24) is 0 Å². The first kappa shape index (κ1) is 9.94. The van der Waals surface area contributed by atoms with Gasteiger partial charge in [0.1, 0.15) is 0 Å². The molecule has 1 saturated heterocycles. The van der Waals surface area contributed by atoms with Gasteiger partial charge in [-0.25, -0.2) is 0 Å². The Kier molecular flexibility index (Phi) is 2.09. The highest BCUT2D eigenvalue weighted by molar-refractivity contribution is 5.37. The van der Waals surface area contributed by atoms with E-state index in [2.05, 4.69) is 33.4 Å². The Morgan fingerprint density at radius 2 is 1.86 bits per heavy atom. The topological polar surface area (TPSA) is 18.5 Å². The van der Waals surface area contributed by atoms with Crippen LogP contribution in [0.3, 0.4) is 0 Å². The largest absolute Gasteiger partial charge is 0.344 e. The molecule has 0 aromatic heterocycles. The van der Waals surface area contributed by atoms with E-state index in [9.17, 15) is 0 Å². The van der Waals surface area contributed by atoms with Crippen LogP contribution in [0.25, 0.3) is 0 Å². The zero-order chi connectivity index (χ0) is 10.4. The van der Waals surface area contributed by atoms with Crippen molar-refractivity contribution in [2.75, 3.05) is 13.2 Å². The average Bonchev–Trinajstić information content (AvgIpc) is 2.48. The van der Waals surface area contributed by atoms with Crippen LogP contribution in [0.5, 0.6) is 0 Å². The van der Waals surface area contributed by atoms with Crippen molar-refractivity contribution in [3.05, 3.63) is 23.8 Å². The van der Waals surface area contributed by atoms with Crippen molar-refractivity contribution in [3.8, 4) is 0 Å². The molecule has 0 N–H and O–H groups in total. The smallest absolute Gasteiger partial charge is 0.189 e. The van der Waals surface area contributed by atoms with Gasteiger partial charge in [-0.1, -0.05) is 20.4 Å². The van der Waals surface area contributed by atoms with Gasteiger partial charge in [0.15, 0.2) is 5.79 Å². The lowest BCUT2D eigenvalue weighted by Gasteiger charge is -2.40. The predicted octanol–water partition coefficient (Wildman–Crippen LogP) is 2.66. The third-order valence-electron chi connectivity index (χ3n) is 3.19. The highest BCUT2D eigenvalue weighted by atomic mass is 16.7. The summed E-state index contributed by atoms with van der Waals surface area (Å²) >= 11 is 0. The van der Waals surface area contributed by atoms with Crippen LogP contribution in [0.2, 0.25) is 0 Å². The molecule has 2 aliphatic rings. The predicted molar refractivity (Wildman–Crippen MR) is 55.9 cm³/mol. The Labute approximate surface area is 85.6 Å². The number of hydrogen-bond donors (Lipinski definition) is 0. The first-order chi connectivity index (χ1) is 6.45. The lowest BCUT2D eigenvalue weighted by molar-refractivity contribution is -0.139. The summed E-state index contributed by atoms with van der Waals surface area (Å²) in [5.74, 6) is -0.464. The van der Waals surface area contributed by atoms with Crippen LogP contribution in [0.15, 0.2) is 23.8 Å². The van der Waals surface area contributed by atoms with E-state index in [1.54, 1.807) is 0 Å². The fourth-order valence-corrected chi connectivity index (χ4v) is 2.38. The minimum Gasteiger partial charge on any atom is -0.344 e. The van der Waals surface area contributed by atoms with Gasteiger partial charge in [-0.2, -0.15) is 0 Å². The maximum atomic E-state index is 5.70. The Balaban J connectivity index is 2.36. The molecule has 0 aromatic carbocycles. The Morgan fingerprint density at radius 3 is 2.36 bits per heavy atom. The van der Waals surface area contributed by atoms with E-state index in [4.69, 9.17) is 9.47 Å². The van der Waals surface area contributed by atoms with Crippen molar-refractivity contribution >= 4 is 0 Å². The number of allylic oxidation sites excluding steroid dienone is 2. The van der Waals surface area contributed by atoms with Gasteiger partial charge >= 0.3 is 0 Å². The SMILES string of the molecule is C=C1C(C)=CC2(CC1(C)C)OCCO2. The minimum absolute atomic E-state index is 0.0726. The second-order valence-electron chi connectivity index (χ2n) is 4.88. The molecule has 2 rings (SSSR count). The van der Waals surface area contributed by atoms with Gasteiger partial charge in [0.25, 0.3) is 0 Å². The third-order valence-corrected chi connectivity index (χ3v) is 3.19. The Hall–Kier alpha value is -0.600. The monoisotopic (exact) mass is 194 g/mol. The summed E-state index contributed by atoms with van der Waals surface area (Å²) in [5.41, 5.74) is 2.47. The number of ether oxygens (including phenoxy) is 2. The van der Waals surface area contributed by atoms with E-state index in [0.717, 1.165) is 6.42 Å². The molecule has 0 bridgehead atoms. The molecule has 0 aromatic rings. The summed E-state index contributed by atoms with van der Waals surface area (Å²) in [6, 6.07) is 0. The summed E-state index contributed by atoms with van der Waals surface area (Å²) in [7, 11) is 0. The second kappa shape index (κ2) is 2.94. The van der Waals surface area contributed by atoms with Gasteiger partial charge in [0.2, 0.25) is 0 Å². The van der Waals surface area contributed by atoms with Crippen molar-refractivity contribution < 1.29 is 9.47 Å². The molecular formula is C12H18O2. The van der Waals surface area contributed by atoms with Crippen LogP contribution < -0.4 is 0 Å². The molecular weight excluding hydrogens is 176 g/mol. The average molecular weight is 194 g/mol. The molecule has 0 unspecified atom stereocenters. The van der Waals surface area contributed by atoms with Crippen molar-refractivity contribution in [3.63, 3.8) is 0 Å². The maximum Gasteiger partial charge on any atom is 0.189 e. The second-order valence-corrected chi connectivity index (χ2v) is 4.88. The summed E-state index contributed by atoms with van der Waals surface area (Å²) in [4.78, 5) is 0. The third kappa shape index (κ3) is 1.43. The summed E-state index contributed by atoms with van der Waals surface area (Å²) in [5, 5.41) is 0. The lowest BCUT2D eigenvalue weighted by atomic mass is 9.71. The molecule has 0 amide bonds.